The van der Waals surface area contributed by atoms with Gasteiger partial charge in [-0.05, 0) is 48.9 Å². The Hall–Kier alpha value is -4.13. The molecule has 31 heavy (non-hydrogen) atoms. The fourth-order valence-corrected chi connectivity index (χ4v) is 3.33. The Balaban J connectivity index is 1.66. The predicted molar refractivity (Wildman–Crippen MR) is 118 cm³/mol. The molecule has 0 atom stereocenters. The highest BCUT2D eigenvalue weighted by Crippen LogP contribution is 2.32. The summed E-state index contributed by atoms with van der Waals surface area (Å²) in [5.41, 5.74) is 3.29. The number of hydrogen-bond acceptors (Lipinski definition) is 5. The summed E-state index contributed by atoms with van der Waals surface area (Å²) in [6.45, 7) is 1.81. The van der Waals surface area contributed by atoms with Crippen molar-refractivity contribution in [3.05, 3.63) is 82.9 Å². The van der Waals surface area contributed by atoms with E-state index in [1.807, 2.05) is 30.4 Å². The highest BCUT2D eigenvalue weighted by molar-refractivity contribution is 6.05. The number of ketones is 1. The van der Waals surface area contributed by atoms with Gasteiger partial charge >= 0.3 is 0 Å². The number of ether oxygens (including phenoxy) is 1. The molecule has 7 nitrogen and oxygen atoms in total. The van der Waals surface area contributed by atoms with Gasteiger partial charge in [0.05, 0.1) is 42.1 Å². The number of nitrogens with one attached hydrogen (secondary N) is 2. The molecular weight excluding hydrogens is 394 g/mol. The van der Waals surface area contributed by atoms with E-state index < -0.39 is 0 Å². The summed E-state index contributed by atoms with van der Waals surface area (Å²) in [5.74, 6) is 0.822. The number of fused-ring (bicyclic) bond motifs is 1. The molecule has 156 valence electrons. The molecular formula is C24H21N3O4. The standard InChI is InChI=1S/C24H21N3O4/c1-15(28)17-6-3-5-16(13-17)8-10-20-22-21(27-26-20)11-9-19(23(22)30-2)24(29)25-14-18-7-4-12-31-18/h3-13H,14H2,1-2H3,(H,25,29)(H,26,27)/b10-8+. The monoisotopic (exact) mass is 415 g/mol. The maximum atomic E-state index is 12.8. The zero-order chi connectivity index (χ0) is 21.8. The highest BCUT2D eigenvalue weighted by atomic mass is 16.5. The molecule has 2 N–H and O–H groups in total. The van der Waals surface area contributed by atoms with Gasteiger partial charge in [-0.25, -0.2) is 0 Å². The van der Waals surface area contributed by atoms with Crippen molar-refractivity contribution in [2.45, 2.75) is 13.5 Å². The largest absolute Gasteiger partial charge is 0.495 e. The van der Waals surface area contributed by atoms with E-state index in [1.165, 1.54) is 14.0 Å². The second-order valence-corrected chi connectivity index (χ2v) is 6.95. The van der Waals surface area contributed by atoms with Crippen LogP contribution in [0, 0.1) is 0 Å². The molecule has 1 amide bonds. The van der Waals surface area contributed by atoms with Crippen molar-refractivity contribution in [1.29, 1.82) is 0 Å². The van der Waals surface area contributed by atoms with Crippen molar-refractivity contribution in [3.63, 3.8) is 0 Å². The van der Waals surface area contributed by atoms with Gasteiger partial charge in [-0.2, -0.15) is 5.10 Å². The van der Waals surface area contributed by atoms with Crippen LogP contribution in [0.15, 0.2) is 59.2 Å². The number of aromatic nitrogens is 2. The summed E-state index contributed by atoms with van der Waals surface area (Å²) < 4.78 is 10.9. The van der Waals surface area contributed by atoms with E-state index in [0.29, 0.717) is 39.2 Å². The van der Waals surface area contributed by atoms with Crippen LogP contribution in [-0.2, 0) is 6.54 Å². The molecule has 0 aliphatic heterocycles. The molecule has 0 bridgehead atoms. The van der Waals surface area contributed by atoms with Gasteiger partial charge in [-0.1, -0.05) is 24.3 Å². The number of methoxy groups -OCH3 is 1. The van der Waals surface area contributed by atoms with Crippen LogP contribution in [-0.4, -0.2) is 29.0 Å². The van der Waals surface area contributed by atoms with E-state index >= 15 is 0 Å². The van der Waals surface area contributed by atoms with E-state index in [1.54, 1.807) is 36.6 Å². The molecule has 4 rings (SSSR count). The number of carbonyl (C=O) groups excluding carboxylic acids is 2. The van der Waals surface area contributed by atoms with Crippen molar-refractivity contribution in [3.8, 4) is 5.75 Å². The number of carbonyl (C=O) groups is 2. The predicted octanol–water partition coefficient (Wildman–Crippen LogP) is 4.47. The van der Waals surface area contributed by atoms with E-state index in [9.17, 15) is 9.59 Å². The van der Waals surface area contributed by atoms with Gasteiger partial charge in [0.15, 0.2) is 5.78 Å². The highest BCUT2D eigenvalue weighted by Gasteiger charge is 2.19. The minimum atomic E-state index is -0.277. The fourth-order valence-electron chi connectivity index (χ4n) is 3.33. The van der Waals surface area contributed by atoms with Crippen LogP contribution < -0.4 is 10.1 Å². The molecule has 0 unspecified atom stereocenters. The SMILES string of the molecule is COc1c(C(=O)NCc2ccco2)ccc2n[nH]c(/C=C/c3cccc(C(C)=O)c3)c12. The first-order chi connectivity index (χ1) is 15.1. The summed E-state index contributed by atoms with van der Waals surface area (Å²) in [6.07, 6.45) is 5.29. The second kappa shape index (κ2) is 8.71. The first-order valence-corrected chi connectivity index (χ1v) is 9.71. The summed E-state index contributed by atoms with van der Waals surface area (Å²) in [4.78, 5) is 24.4. The lowest BCUT2D eigenvalue weighted by Gasteiger charge is -2.10. The van der Waals surface area contributed by atoms with E-state index in [0.717, 1.165) is 5.56 Å². The van der Waals surface area contributed by atoms with E-state index in [2.05, 4.69) is 15.5 Å². The van der Waals surface area contributed by atoms with Gasteiger partial charge in [0, 0.05) is 5.56 Å². The molecule has 2 aromatic heterocycles. The summed E-state index contributed by atoms with van der Waals surface area (Å²) in [7, 11) is 1.52. The van der Waals surface area contributed by atoms with Gasteiger partial charge < -0.3 is 14.5 Å². The molecule has 0 aliphatic carbocycles. The third kappa shape index (κ3) is 4.25. The third-order valence-electron chi connectivity index (χ3n) is 4.89. The number of amides is 1. The number of H-pyrrole nitrogens is 1. The Morgan fingerprint density at radius 2 is 2.03 bits per heavy atom. The third-order valence-corrected chi connectivity index (χ3v) is 4.89. The second-order valence-electron chi connectivity index (χ2n) is 6.95. The average Bonchev–Trinajstić information content (AvgIpc) is 3.45. The summed E-state index contributed by atoms with van der Waals surface area (Å²) >= 11 is 0. The Kier molecular flexibility index (Phi) is 5.66. The van der Waals surface area contributed by atoms with Crippen molar-refractivity contribution in [2.24, 2.45) is 0 Å². The number of aromatic amines is 1. The molecule has 0 spiro atoms. The van der Waals surface area contributed by atoms with E-state index in [-0.39, 0.29) is 18.2 Å². The number of benzene rings is 2. The molecule has 0 aliphatic rings. The first-order valence-electron chi connectivity index (χ1n) is 9.71. The molecule has 0 fully saturated rings. The molecule has 0 saturated heterocycles. The number of Topliss-reactive ketones (excluding diaryl/α,β-unsaturated/α-hetero) is 1. The van der Waals surface area contributed by atoms with Gasteiger partial charge in [-0.3, -0.25) is 14.7 Å². The zero-order valence-electron chi connectivity index (χ0n) is 17.1. The Morgan fingerprint density at radius 1 is 1.16 bits per heavy atom. The lowest BCUT2D eigenvalue weighted by atomic mass is 10.1. The molecule has 2 aromatic carbocycles. The van der Waals surface area contributed by atoms with Crippen LogP contribution in [0.2, 0.25) is 0 Å². The van der Waals surface area contributed by atoms with Crippen LogP contribution >= 0.6 is 0 Å². The van der Waals surface area contributed by atoms with Crippen molar-refractivity contribution < 1.29 is 18.7 Å². The molecule has 2 heterocycles. The average molecular weight is 415 g/mol. The molecule has 0 saturated carbocycles. The number of nitrogens with zero attached hydrogens (tertiary/aromatic N) is 1. The first kappa shape index (κ1) is 20.2. The summed E-state index contributed by atoms with van der Waals surface area (Å²) in [5, 5.41) is 10.8. The van der Waals surface area contributed by atoms with Crippen molar-refractivity contribution in [1.82, 2.24) is 15.5 Å². The van der Waals surface area contributed by atoms with Gasteiger partial charge in [0.2, 0.25) is 0 Å². The lowest BCUT2D eigenvalue weighted by molar-refractivity contribution is 0.0944. The number of rotatable bonds is 7. The maximum absolute atomic E-state index is 12.8. The smallest absolute Gasteiger partial charge is 0.255 e. The van der Waals surface area contributed by atoms with Crippen LogP contribution in [0.25, 0.3) is 23.1 Å². The lowest BCUT2D eigenvalue weighted by Crippen LogP contribution is -2.23. The fraction of sp³-hybridized carbons (Fsp3) is 0.125. The van der Waals surface area contributed by atoms with Crippen molar-refractivity contribution in [2.75, 3.05) is 7.11 Å². The topological polar surface area (TPSA) is 97.2 Å². The molecule has 0 radical (unpaired) electrons. The summed E-state index contributed by atoms with van der Waals surface area (Å²) in [6, 6.07) is 14.4. The minimum Gasteiger partial charge on any atom is -0.495 e. The maximum Gasteiger partial charge on any atom is 0.255 e. The van der Waals surface area contributed by atoms with Crippen LogP contribution in [0.5, 0.6) is 5.75 Å². The molecule has 7 heteroatoms. The van der Waals surface area contributed by atoms with Crippen LogP contribution in [0.4, 0.5) is 0 Å². The van der Waals surface area contributed by atoms with Gasteiger partial charge in [0.25, 0.3) is 5.91 Å². The quantitative estimate of drug-likeness (QED) is 0.434. The van der Waals surface area contributed by atoms with Crippen LogP contribution in [0.3, 0.4) is 0 Å². The minimum absolute atomic E-state index is 0.00844. The molecule has 4 aromatic rings. The van der Waals surface area contributed by atoms with Gasteiger partial charge in [-0.15, -0.1) is 0 Å². The Labute approximate surface area is 178 Å². The normalized spacial score (nSPS) is 11.2. The number of hydrogen-bond donors (Lipinski definition) is 2. The van der Waals surface area contributed by atoms with Gasteiger partial charge in [0.1, 0.15) is 11.5 Å². The number of furan rings is 1. The Bertz CT molecular complexity index is 1270. The zero-order valence-corrected chi connectivity index (χ0v) is 17.1. The van der Waals surface area contributed by atoms with E-state index in [4.69, 9.17) is 9.15 Å². The van der Waals surface area contributed by atoms with Crippen molar-refractivity contribution >= 4 is 34.7 Å². The Morgan fingerprint density at radius 3 is 2.77 bits per heavy atom. The van der Waals surface area contributed by atoms with Crippen LogP contribution in [0.1, 0.15) is 44.7 Å².